The van der Waals surface area contributed by atoms with Crippen molar-refractivity contribution in [2.45, 2.75) is 10.1 Å². The molecule has 0 fully saturated rings. The van der Waals surface area contributed by atoms with Crippen LogP contribution in [0.4, 0.5) is 0 Å². The number of nitrogens with zero attached hydrogens (tertiary/aromatic N) is 3. The van der Waals surface area contributed by atoms with E-state index in [0.29, 0.717) is 5.56 Å². The topological polar surface area (TPSA) is 76.4 Å². The van der Waals surface area contributed by atoms with Crippen LogP contribution in [0.1, 0.15) is 5.56 Å². The van der Waals surface area contributed by atoms with Gasteiger partial charge < -0.3 is 15.5 Å². The van der Waals surface area contributed by atoms with Crippen LogP contribution in [0.15, 0.2) is 51.9 Å². The second-order valence-electron chi connectivity index (χ2n) is 3.43. The minimum atomic E-state index is 0.110. The smallest absolute Gasteiger partial charge is 0.172 e. The second kappa shape index (κ2) is 4.92. The molecule has 88 valence electrons. The molecule has 1 aromatic carbocycles. The summed E-state index contributed by atoms with van der Waals surface area (Å²) in [5, 5.41) is 12.4. The third-order valence-electron chi connectivity index (χ3n) is 2.24. The van der Waals surface area contributed by atoms with E-state index < -0.39 is 0 Å². The lowest BCUT2D eigenvalue weighted by atomic mass is 10.2. The number of amidine groups is 1. The molecular weight excluding hydrogens is 236 g/mol. The van der Waals surface area contributed by atoms with Crippen molar-refractivity contribution in [1.29, 1.82) is 0 Å². The highest BCUT2D eigenvalue weighted by molar-refractivity contribution is 7.99. The van der Waals surface area contributed by atoms with Crippen molar-refractivity contribution in [2.75, 3.05) is 0 Å². The monoisotopic (exact) mass is 248 g/mol. The third kappa shape index (κ3) is 2.59. The van der Waals surface area contributed by atoms with E-state index in [-0.39, 0.29) is 5.84 Å². The zero-order valence-electron chi connectivity index (χ0n) is 9.24. The third-order valence-corrected chi connectivity index (χ3v) is 3.33. The van der Waals surface area contributed by atoms with E-state index in [4.69, 9.17) is 10.9 Å². The maximum Gasteiger partial charge on any atom is 0.172 e. The van der Waals surface area contributed by atoms with E-state index >= 15 is 0 Å². The Balaban J connectivity index is 2.17. The zero-order valence-corrected chi connectivity index (χ0v) is 10.1. The van der Waals surface area contributed by atoms with Gasteiger partial charge in [0.25, 0.3) is 0 Å². The van der Waals surface area contributed by atoms with Crippen LogP contribution in [0.25, 0.3) is 0 Å². The molecule has 17 heavy (non-hydrogen) atoms. The number of benzene rings is 1. The minimum absolute atomic E-state index is 0.110. The molecule has 2 rings (SSSR count). The van der Waals surface area contributed by atoms with Gasteiger partial charge in [-0.1, -0.05) is 29.1 Å². The summed E-state index contributed by atoms with van der Waals surface area (Å²) in [5.41, 5.74) is 6.17. The summed E-state index contributed by atoms with van der Waals surface area (Å²) in [5.74, 6) is 0.110. The molecule has 0 spiro atoms. The molecule has 6 heteroatoms. The first kappa shape index (κ1) is 11.5. The normalized spacial score (nSPS) is 11.7. The van der Waals surface area contributed by atoms with E-state index in [9.17, 15) is 0 Å². The number of rotatable bonds is 3. The Morgan fingerprint density at radius 1 is 1.41 bits per heavy atom. The van der Waals surface area contributed by atoms with Crippen molar-refractivity contribution in [3.8, 4) is 0 Å². The zero-order chi connectivity index (χ0) is 12.3. The largest absolute Gasteiger partial charge is 0.409 e. The number of hydrogen-bond donors (Lipinski definition) is 2. The van der Waals surface area contributed by atoms with Gasteiger partial charge in [-0.3, -0.25) is 0 Å². The summed E-state index contributed by atoms with van der Waals surface area (Å²) < 4.78 is 1.95. The van der Waals surface area contributed by atoms with Gasteiger partial charge in [0.2, 0.25) is 0 Å². The predicted molar refractivity (Wildman–Crippen MR) is 66.3 cm³/mol. The summed E-state index contributed by atoms with van der Waals surface area (Å²) in [6, 6.07) is 7.43. The van der Waals surface area contributed by atoms with Crippen LogP contribution < -0.4 is 5.73 Å². The van der Waals surface area contributed by atoms with Gasteiger partial charge in [0.1, 0.15) is 0 Å². The molecule has 3 N–H and O–H groups in total. The van der Waals surface area contributed by atoms with Crippen molar-refractivity contribution >= 4 is 17.6 Å². The van der Waals surface area contributed by atoms with Gasteiger partial charge in [0, 0.05) is 29.9 Å². The fourth-order valence-corrected chi connectivity index (χ4v) is 2.11. The first-order chi connectivity index (χ1) is 8.20. The van der Waals surface area contributed by atoms with Crippen molar-refractivity contribution in [3.05, 3.63) is 42.2 Å². The second-order valence-corrected chi connectivity index (χ2v) is 4.47. The molecule has 0 atom stereocenters. The highest BCUT2D eigenvalue weighted by atomic mass is 32.2. The Labute approximate surface area is 103 Å². The summed E-state index contributed by atoms with van der Waals surface area (Å²) >= 11 is 1.56. The standard InChI is InChI=1S/C11H12N4OS/c1-15-7-6-13-11(15)17-9-4-2-8(3-5-9)10(12)14-16/h2-7,16H,1H3,(H2,12,14). The molecule has 0 saturated heterocycles. The number of aryl methyl sites for hydroxylation is 1. The quantitative estimate of drug-likeness (QED) is 0.375. The number of aromatic nitrogens is 2. The Morgan fingerprint density at radius 2 is 2.12 bits per heavy atom. The Hall–Kier alpha value is -1.95. The van der Waals surface area contributed by atoms with Gasteiger partial charge in [-0.2, -0.15) is 0 Å². The highest BCUT2D eigenvalue weighted by Gasteiger charge is 2.03. The van der Waals surface area contributed by atoms with Crippen LogP contribution in [0.5, 0.6) is 0 Å². The lowest BCUT2D eigenvalue weighted by Crippen LogP contribution is -2.12. The van der Waals surface area contributed by atoms with E-state index in [0.717, 1.165) is 10.1 Å². The summed E-state index contributed by atoms with van der Waals surface area (Å²) in [6.07, 6.45) is 3.65. The van der Waals surface area contributed by atoms with Gasteiger partial charge in [-0.05, 0) is 12.1 Å². The summed E-state index contributed by atoms with van der Waals surface area (Å²) in [6.45, 7) is 0. The molecule has 0 bridgehead atoms. The molecular formula is C11H12N4OS. The molecule has 0 aliphatic heterocycles. The predicted octanol–water partition coefficient (Wildman–Crippen LogP) is 1.67. The van der Waals surface area contributed by atoms with Crippen LogP contribution in [0.3, 0.4) is 0 Å². The Bertz CT molecular complexity index is 533. The molecule has 0 saturated carbocycles. The molecule has 0 unspecified atom stereocenters. The van der Waals surface area contributed by atoms with E-state index in [2.05, 4.69) is 10.1 Å². The maximum atomic E-state index is 8.55. The molecule has 1 heterocycles. The van der Waals surface area contributed by atoms with Crippen LogP contribution in [0, 0.1) is 0 Å². The number of oxime groups is 1. The lowest BCUT2D eigenvalue weighted by molar-refractivity contribution is 0.318. The molecule has 0 radical (unpaired) electrons. The molecule has 1 aromatic heterocycles. The number of imidazole rings is 1. The number of nitrogens with two attached hydrogens (primary N) is 1. The van der Waals surface area contributed by atoms with Crippen LogP contribution in [-0.2, 0) is 7.05 Å². The van der Waals surface area contributed by atoms with Crippen molar-refractivity contribution < 1.29 is 5.21 Å². The summed E-state index contributed by atoms with van der Waals surface area (Å²) in [4.78, 5) is 5.27. The van der Waals surface area contributed by atoms with Gasteiger partial charge in [-0.25, -0.2) is 4.98 Å². The minimum Gasteiger partial charge on any atom is -0.409 e. The van der Waals surface area contributed by atoms with Gasteiger partial charge in [-0.15, -0.1) is 0 Å². The average Bonchev–Trinajstić information content (AvgIpc) is 2.75. The molecule has 0 amide bonds. The maximum absolute atomic E-state index is 8.55. The van der Waals surface area contributed by atoms with Crippen molar-refractivity contribution in [3.63, 3.8) is 0 Å². The van der Waals surface area contributed by atoms with Crippen LogP contribution in [-0.4, -0.2) is 20.6 Å². The Kier molecular flexibility index (Phi) is 3.34. The molecule has 5 nitrogen and oxygen atoms in total. The van der Waals surface area contributed by atoms with Crippen LogP contribution in [0.2, 0.25) is 0 Å². The fraction of sp³-hybridized carbons (Fsp3) is 0.0909. The SMILES string of the molecule is Cn1ccnc1Sc1ccc(/C(N)=N/O)cc1. The van der Waals surface area contributed by atoms with Gasteiger partial charge >= 0.3 is 0 Å². The first-order valence-corrected chi connectivity index (χ1v) is 5.75. The van der Waals surface area contributed by atoms with Crippen molar-refractivity contribution in [2.24, 2.45) is 17.9 Å². The Morgan fingerprint density at radius 3 is 2.65 bits per heavy atom. The molecule has 0 aliphatic carbocycles. The van der Waals surface area contributed by atoms with Crippen LogP contribution >= 0.6 is 11.8 Å². The van der Waals surface area contributed by atoms with E-state index in [1.807, 2.05) is 29.9 Å². The highest BCUT2D eigenvalue weighted by Crippen LogP contribution is 2.25. The fourth-order valence-electron chi connectivity index (χ4n) is 1.31. The average molecular weight is 248 g/mol. The van der Waals surface area contributed by atoms with E-state index in [1.54, 1.807) is 30.1 Å². The molecule has 0 aliphatic rings. The van der Waals surface area contributed by atoms with Crippen molar-refractivity contribution in [1.82, 2.24) is 9.55 Å². The van der Waals surface area contributed by atoms with Gasteiger partial charge in [0.05, 0.1) is 0 Å². The number of hydrogen-bond acceptors (Lipinski definition) is 4. The van der Waals surface area contributed by atoms with Gasteiger partial charge in [0.15, 0.2) is 11.0 Å². The molecule has 2 aromatic rings. The lowest BCUT2D eigenvalue weighted by Gasteiger charge is -2.03. The van der Waals surface area contributed by atoms with E-state index in [1.165, 1.54) is 0 Å². The summed E-state index contributed by atoms with van der Waals surface area (Å²) in [7, 11) is 1.94. The first-order valence-electron chi connectivity index (χ1n) is 4.94.